The molecule has 0 atom stereocenters. The molecule has 0 bridgehead atoms. The zero-order chi connectivity index (χ0) is 3.41. The molecule has 0 rings (SSSR count). The van der Waals surface area contributed by atoms with E-state index in [2.05, 4.69) is 6.58 Å². The van der Waals surface area contributed by atoms with Crippen LogP contribution in [0.5, 0.6) is 0 Å². The Morgan fingerprint density at radius 3 is 1.83 bits per heavy atom. The smallest absolute Gasteiger partial charge is 0.870 e. The van der Waals surface area contributed by atoms with E-state index >= 15 is 0 Å². The Kier molecular flexibility index (Phi) is 48.1. The van der Waals surface area contributed by atoms with E-state index < -0.39 is 0 Å². The largest absolute Gasteiger partial charge is 2.00 e. The fourth-order valence-electron chi connectivity index (χ4n) is 0. The van der Waals surface area contributed by atoms with Crippen molar-refractivity contribution in [2.24, 2.45) is 0 Å². The number of hydrogen-bond donors (Lipinski definition) is 0. The van der Waals surface area contributed by atoms with Crippen LogP contribution in [0.1, 0.15) is 0 Å². The van der Waals surface area contributed by atoms with Crippen molar-refractivity contribution in [2.45, 2.75) is 4.44 Å². The summed E-state index contributed by atoms with van der Waals surface area (Å²) in [5.74, 6) is 0. The van der Waals surface area contributed by atoms with E-state index in [1.54, 1.807) is 22.5 Å². The quantitative estimate of drug-likeness (QED) is 0.440. The molecule has 0 saturated heterocycles. The van der Waals surface area contributed by atoms with Crippen LogP contribution < -0.4 is 0 Å². The second kappa shape index (κ2) is 18.0. The number of rotatable bonds is 1. The molecule has 34 valence electrons. The van der Waals surface area contributed by atoms with Crippen LogP contribution in [0.15, 0.2) is 12.7 Å². The van der Waals surface area contributed by atoms with E-state index in [0.29, 0.717) is 0 Å². The summed E-state index contributed by atoms with van der Waals surface area (Å²) >= 11 is 1.55. The van der Waals surface area contributed by atoms with Crippen LogP contribution in [0.25, 0.3) is 0 Å². The summed E-state index contributed by atoms with van der Waals surface area (Å²) in [6.07, 6.45) is 1.92. The van der Waals surface area contributed by atoms with E-state index in [1.807, 2.05) is 6.08 Å². The molecule has 0 radical (unpaired) electrons. The van der Waals surface area contributed by atoms with Crippen LogP contribution in [-0.4, -0.2) is 28.0 Å². The summed E-state index contributed by atoms with van der Waals surface area (Å²) in [7, 11) is 0. The van der Waals surface area contributed by atoms with Gasteiger partial charge in [0.1, 0.15) is 0 Å². The Morgan fingerprint density at radius 2 is 1.83 bits per heavy atom. The molecule has 6 heavy (non-hydrogen) atoms. The average Bonchev–Trinajstić information content (AvgIpc) is 1.37. The molecule has 0 spiro atoms. The topological polar surface area (TPSA) is 58.5 Å². The molecule has 0 aromatic carbocycles. The predicted molar refractivity (Wildman–Crippen MR) is 23.4 cm³/mol. The Bertz CT molecular complexity index is 22.8. The molecule has 0 aromatic rings. The van der Waals surface area contributed by atoms with Gasteiger partial charge >= 0.3 is 39.6 Å². The van der Waals surface area contributed by atoms with Gasteiger partial charge in [-0.25, -0.2) is 0 Å². The van der Waals surface area contributed by atoms with Gasteiger partial charge in [0.15, 0.2) is 0 Å². The summed E-state index contributed by atoms with van der Waals surface area (Å²) < 4.78 is 1.17. The number of hydrogen-bond acceptors (Lipinski definition) is 1. The molecule has 0 unspecified atom stereocenters. The summed E-state index contributed by atoms with van der Waals surface area (Å²) in [6, 6.07) is 0. The third-order valence-electron chi connectivity index (χ3n) is 0.144. The number of allylic oxidation sites excluding steroid dienone is 1. The van der Waals surface area contributed by atoms with Crippen molar-refractivity contribution in [1.29, 1.82) is 0 Å². The molecule has 0 aliphatic heterocycles. The van der Waals surface area contributed by atoms with Crippen molar-refractivity contribution in [3.8, 4) is 0 Å². The maximum atomic E-state index is 3.50. The first-order chi connectivity index (χ1) is 1.91. The van der Waals surface area contributed by atoms with Gasteiger partial charge in [0.2, 0.25) is 0 Å². The van der Waals surface area contributed by atoms with E-state index in [-0.39, 0.29) is 11.0 Å². The molecule has 2 nitrogen and oxygen atoms in total. The van der Waals surface area contributed by atoms with E-state index in [0.717, 1.165) is 0 Å². The zero-order valence-electron chi connectivity index (χ0n) is 3.35. The fourth-order valence-corrected chi connectivity index (χ4v) is 0. The minimum absolute atomic E-state index is 0. The average molecular weight is 193 g/mol. The Morgan fingerprint density at radius 1 is 1.67 bits per heavy atom. The first-order valence-electron chi connectivity index (χ1n) is 1.17. The summed E-state index contributed by atoms with van der Waals surface area (Å²) in [4.78, 5) is 0. The molecule has 0 aliphatic carbocycles. The van der Waals surface area contributed by atoms with Gasteiger partial charge in [-0.1, -0.05) is 0 Å². The Hall–Kier alpha value is 0.459. The maximum absolute atomic E-state index is 3.50. The summed E-state index contributed by atoms with van der Waals surface area (Å²) in [5.41, 5.74) is 0. The van der Waals surface area contributed by atoms with Crippen LogP contribution in [0, 0.1) is 0 Å². The molecular formula is C3H6O2Sn. The van der Waals surface area contributed by atoms with Gasteiger partial charge in [-0.3, -0.25) is 0 Å². The van der Waals surface area contributed by atoms with Gasteiger partial charge in [-0.2, -0.15) is 0 Å². The Balaban J connectivity index is -0.0000000450. The monoisotopic (exact) mass is 194 g/mol. The molecule has 3 heteroatoms. The van der Waals surface area contributed by atoms with Crippen molar-refractivity contribution in [1.82, 2.24) is 0 Å². The standard InChI is InChI=1S/C3H5.H2O.O.Sn/c1-3-2;;;/h3H,1-2H2;1H2;;/q;;-2;+3/p-1. The van der Waals surface area contributed by atoms with Crippen LogP contribution in [0.4, 0.5) is 0 Å². The molecule has 0 fully saturated rings. The second-order valence-electron chi connectivity index (χ2n) is 0.493. The summed E-state index contributed by atoms with van der Waals surface area (Å²) in [5, 5.41) is 0. The maximum Gasteiger partial charge on any atom is -0.870 e. The molecular weight excluding hydrogens is 187 g/mol. The van der Waals surface area contributed by atoms with Crippen molar-refractivity contribution < 1.29 is 11.0 Å². The molecule has 0 aromatic heterocycles. The minimum atomic E-state index is 0. The van der Waals surface area contributed by atoms with Gasteiger partial charge in [-0.05, 0) is 0 Å². The van der Waals surface area contributed by atoms with E-state index in [9.17, 15) is 0 Å². The van der Waals surface area contributed by atoms with Gasteiger partial charge in [0, 0.05) is 0 Å². The van der Waals surface area contributed by atoms with Gasteiger partial charge in [0.05, 0.1) is 0 Å². The van der Waals surface area contributed by atoms with Crippen molar-refractivity contribution in [3.05, 3.63) is 12.7 Å². The van der Waals surface area contributed by atoms with Gasteiger partial charge in [-0.15, -0.1) is 0 Å². The first kappa shape index (κ1) is 16.1. The third-order valence-corrected chi connectivity index (χ3v) is 0.968. The summed E-state index contributed by atoms with van der Waals surface area (Å²) in [6.45, 7) is 3.50. The van der Waals surface area contributed by atoms with Gasteiger partial charge in [0.25, 0.3) is 0 Å². The van der Waals surface area contributed by atoms with Crippen molar-refractivity contribution in [3.63, 3.8) is 0 Å². The third kappa shape index (κ3) is 25.1. The molecule has 1 N–H and O–H groups in total. The fraction of sp³-hybridized carbons (Fsp3) is 0.333. The zero-order valence-corrected chi connectivity index (χ0v) is 6.20. The van der Waals surface area contributed by atoms with Crippen molar-refractivity contribution >= 4 is 22.5 Å². The SMILES string of the molecule is C=C[CH2][Sn+3].[O-2].[OH-]. The Labute approximate surface area is 50.9 Å². The second-order valence-corrected chi connectivity index (χ2v) is 1.66. The van der Waals surface area contributed by atoms with Crippen LogP contribution >= 0.6 is 0 Å². The minimum Gasteiger partial charge on any atom is -2.00 e. The molecule has 0 aliphatic rings. The van der Waals surface area contributed by atoms with E-state index in [1.165, 1.54) is 4.44 Å². The normalized spacial score (nSPS) is 4.33. The molecule has 0 heterocycles. The van der Waals surface area contributed by atoms with E-state index in [4.69, 9.17) is 0 Å². The van der Waals surface area contributed by atoms with Gasteiger partial charge < -0.3 is 11.0 Å². The van der Waals surface area contributed by atoms with Crippen LogP contribution in [-0.2, 0) is 5.48 Å². The first-order valence-corrected chi connectivity index (χ1v) is 3.19. The predicted octanol–water partition coefficient (Wildman–Crippen LogP) is 0.464. The molecule has 0 amide bonds. The van der Waals surface area contributed by atoms with Crippen molar-refractivity contribution in [2.75, 3.05) is 0 Å². The van der Waals surface area contributed by atoms with Crippen LogP contribution in [0.3, 0.4) is 0 Å². The molecule has 0 saturated carbocycles. The van der Waals surface area contributed by atoms with Crippen LogP contribution in [0.2, 0.25) is 4.44 Å².